The molecular weight excluding hydrogens is 516 g/mol. The van der Waals surface area contributed by atoms with E-state index in [0.29, 0.717) is 5.92 Å². The van der Waals surface area contributed by atoms with Crippen molar-refractivity contribution < 1.29 is 0 Å². The van der Waals surface area contributed by atoms with Gasteiger partial charge in [-0.2, -0.15) is 0 Å². The van der Waals surface area contributed by atoms with Gasteiger partial charge in [-0.1, -0.05) is 171 Å². The first-order valence-corrected chi connectivity index (χ1v) is 17.2. The summed E-state index contributed by atoms with van der Waals surface area (Å²) in [4.78, 5) is 0. The van der Waals surface area contributed by atoms with Crippen molar-refractivity contribution >= 4 is 0 Å². The lowest BCUT2D eigenvalue weighted by Gasteiger charge is -2.47. The van der Waals surface area contributed by atoms with Gasteiger partial charge in [0.25, 0.3) is 0 Å². The summed E-state index contributed by atoms with van der Waals surface area (Å²) in [6.07, 6.45) is 1.07. The Balaban J connectivity index is 3.63. The monoisotopic (exact) mass is 589 g/mol. The molecule has 0 N–H and O–H groups in total. The molecule has 0 fully saturated rings. The molecule has 0 aromatic heterocycles. The number of rotatable bonds is 3. The van der Waals surface area contributed by atoms with Crippen molar-refractivity contribution in [2.75, 3.05) is 0 Å². The molecule has 0 aliphatic heterocycles. The maximum Gasteiger partial charge on any atom is 0.00958 e. The molecule has 0 nitrogen and oxygen atoms in total. The zero-order valence-corrected chi connectivity index (χ0v) is 33.0. The van der Waals surface area contributed by atoms with E-state index < -0.39 is 0 Å². The molecule has 0 saturated carbocycles. The highest BCUT2D eigenvalue weighted by Gasteiger charge is 2.44. The third-order valence-electron chi connectivity index (χ3n) is 9.08. The van der Waals surface area contributed by atoms with Crippen LogP contribution in [0.5, 0.6) is 0 Å². The van der Waals surface area contributed by atoms with Crippen molar-refractivity contribution in [2.24, 2.45) is 0 Å². The molecule has 0 heterocycles. The van der Waals surface area contributed by atoms with E-state index in [-0.39, 0.29) is 37.9 Å². The van der Waals surface area contributed by atoms with Gasteiger partial charge in [0.05, 0.1) is 0 Å². The molecule has 0 amide bonds. The third-order valence-corrected chi connectivity index (χ3v) is 9.08. The molecule has 0 spiro atoms. The normalized spacial score (nSPS) is 15.2. The van der Waals surface area contributed by atoms with E-state index in [2.05, 4.69) is 171 Å². The van der Waals surface area contributed by atoms with Crippen LogP contribution >= 0.6 is 0 Å². The van der Waals surface area contributed by atoms with Crippen molar-refractivity contribution in [3.05, 3.63) is 68.3 Å². The summed E-state index contributed by atoms with van der Waals surface area (Å²) in [5.41, 5.74) is 14.2. The van der Waals surface area contributed by atoms with Crippen LogP contribution < -0.4 is 0 Å². The van der Waals surface area contributed by atoms with Gasteiger partial charge in [0, 0.05) is 5.92 Å². The lowest BCUT2D eigenvalue weighted by molar-refractivity contribution is 0.449. The summed E-state index contributed by atoms with van der Waals surface area (Å²) >= 11 is 0. The van der Waals surface area contributed by atoms with E-state index in [4.69, 9.17) is 0 Å². The Kier molecular flexibility index (Phi) is 9.93. The van der Waals surface area contributed by atoms with Crippen molar-refractivity contribution in [2.45, 2.75) is 203 Å². The molecule has 0 saturated heterocycles. The highest BCUT2D eigenvalue weighted by molar-refractivity contribution is 5.65. The van der Waals surface area contributed by atoms with Gasteiger partial charge in [0.15, 0.2) is 0 Å². The Bertz CT molecular complexity index is 1240. The van der Waals surface area contributed by atoms with E-state index in [0.717, 1.165) is 6.42 Å². The van der Waals surface area contributed by atoms with E-state index >= 15 is 0 Å². The van der Waals surface area contributed by atoms with Gasteiger partial charge in [0.2, 0.25) is 0 Å². The summed E-state index contributed by atoms with van der Waals surface area (Å²) in [6, 6.07) is 7.23. The molecule has 2 rings (SSSR count). The molecule has 1 unspecified atom stereocenters. The van der Waals surface area contributed by atoms with Crippen molar-refractivity contribution in [1.29, 1.82) is 0 Å². The minimum Gasteiger partial charge on any atom is -0.0645 e. The van der Waals surface area contributed by atoms with Gasteiger partial charge < -0.3 is 0 Å². The van der Waals surface area contributed by atoms with Crippen molar-refractivity contribution in [3.63, 3.8) is 0 Å². The average molecular weight is 589 g/mol. The number of benzene rings is 2. The number of hydrogen-bond acceptors (Lipinski definition) is 0. The van der Waals surface area contributed by atoms with Crippen LogP contribution in [0.1, 0.15) is 215 Å². The third kappa shape index (κ3) is 7.64. The topological polar surface area (TPSA) is 0 Å². The summed E-state index contributed by atoms with van der Waals surface area (Å²) in [5.74, 6) is 0.302. The fraction of sp³-hybridized carbons (Fsp3) is 0.721. The zero-order chi connectivity index (χ0) is 34.1. The van der Waals surface area contributed by atoms with Crippen LogP contribution in [0.25, 0.3) is 0 Å². The quantitative estimate of drug-likeness (QED) is 0.334. The minimum atomic E-state index is -0.0225. The van der Waals surface area contributed by atoms with Gasteiger partial charge in [-0.15, -0.1) is 0 Å². The average Bonchev–Trinajstić information content (AvgIpc) is 2.73. The standard InChI is InChI=1S/C43H72/c1-23-27(28-25-24-26-29(37(2,3)4)31(28)38(5,6)7)30-32(39(8,9)10)34(41(14,15)16)36(43(20,21)22)35(42(17,18)19)33(30)40(11,12)13/h24-27H,23H2,1-22H3. The van der Waals surface area contributed by atoms with Crippen LogP contribution in [-0.2, 0) is 37.9 Å². The summed E-state index contributed by atoms with van der Waals surface area (Å²) < 4.78 is 0. The fourth-order valence-corrected chi connectivity index (χ4v) is 7.83. The Hall–Kier alpha value is -1.56. The van der Waals surface area contributed by atoms with Crippen LogP contribution in [0.15, 0.2) is 18.2 Å². The van der Waals surface area contributed by atoms with Gasteiger partial charge in [0.1, 0.15) is 0 Å². The maximum atomic E-state index is 2.48. The molecule has 0 bridgehead atoms. The first-order valence-electron chi connectivity index (χ1n) is 17.2. The van der Waals surface area contributed by atoms with Crippen LogP contribution in [0, 0.1) is 0 Å². The van der Waals surface area contributed by atoms with Crippen molar-refractivity contribution in [1.82, 2.24) is 0 Å². The zero-order valence-electron chi connectivity index (χ0n) is 33.0. The van der Waals surface area contributed by atoms with Crippen molar-refractivity contribution in [3.8, 4) is 0 Å². The van der Waals surface area contributed by atoms with Gasteiger partial charge in [-0.05, 0) is 94.4 Å². The van der Waals surface area contributed by atoms with Gasteiger partial charge >= 0.3 is 0 Å². The van der Waals surface area contributed by atoms with Crippen LogP contribution in [0.4, 0.5) is 0 Å². The van der Waals surface area contributed by atoms with E-state index in [1.54, 1.807) is 38.9 Å². The van der Waals surface area contributed by atoms with E-state index in [1.807, 2.05) is 0 Å². The van der Waals surface area contributed by atoms with Crippen LogP contribution in [-0.4, -0.2) is 0 Å². The first kappa shape index (κ1) is 37.6. The minimum absolute atomic E-state index is 0.00516. The molecule has 0 radical (unpaired) electrons. The smallest absolute Gasteiger partial charge is 0.00958 e. The second-order valence-corrected chi connectivity index (χ2v) is 20.8. The Morgan fingerprint density at radius 2 is 0.698 bits per heavy atom. The SMILES string of the molecule is CCC(c1cccc(C(C)(C)C)c1C(C)(C)C)c1c(C(C)(C)C)c(C(C)(C)C)c(C(C)(C)C)c(C(C)(C)C)c1C(C)(C)C. The predicted octanol–water partition coefficient (Wildman–Crippen LogP) is 13.3. The highest BCUT2D eigenvalue weighted by atomic mass is 14.5. The molecule has 2 aromatic rings. The summed E-state index contributed by atoms with van der Waals surface area (Å²) in [7, 11) is 0. The second-order valence-electron chi connectivity index (χ2n) is 20.8. The molecular formula is C43H72. The van der Waals surface area contributed by atoms with Gasteiger partial charge in [-0.25, -0.2) is 0 Å². The molecule has 0 aliphatic rings. The highest BCUT2D eigenvalue weighted by Crippen LogP contribution is 2.55. The molecule has 2 aromatic carbocycles. The molecule has 1 atom stereocenters. The predicted molar refractivity (Wildman–Crippen MR) is 196 cm³/mol. The first-order chi connectivity index (χ1) is 18.8. The molecule has 0 heteroatoms. The van der Waals surface area contributed by atoms with Gasteiger partial charge in [-0.3, -0.25) is 0 Å². The Morgan fingerprint density at radius 1 is 0.395 bits per heavy atom. The molecule has 43 heavy (non-hydrogen) atoms. The largest absolute Gasteiger partial charge is 0.0645 e. The van der Waals surface area contributed by atoms with E-state index in [1.165, 1.54) is 11.1 Å². The van der Waals surface area contributed by atoms with Crippen LogP contribution in [0.2, 0.25) is 0 Å². The molecule has 0 aliphatic carbocycles. The fourth-order valence-electron chi connectivity index (χ4n) is 7.83. The van der Waals surface area contributed by atoms with Crippen LogP contribution in [0.3, 0.4) is 0 Å². The summed E-state index contributed by atoms with van der Waals surface area (Å²) in [5, 5.41) is 0. The maximum absolute atomic E-state index is 2.48. The lowest BCUT2D eigenvalue weighted by Crippen LogP contribution is -2.38. The second kappa shape index (κ2) is 11.4. The molecule has 244 valence electrons. The summed E-state index contributed by atoms with van der Waals surface area (Å²) in [6.45, 7) is 53.8. The Morgan fingerprint density at radius 3 is 0.953 bits per heavy atom. The number of hydrogen-bond donors (Lipinski definition) is 0. The van der Waals surface area contributed by atoms with E-state index in [9.17, 15) is 0 Å². The lowest BCUT2D eigenvalue weighted by atomic mass is 9.57. The Labute approximate surface area is 270 Å².